The number of methoxy groups -OCH3 is 1. The monoisotopic (exact) mass is 399 g/mol. The van der Waals surface area contributed by atoms with Gasteiger partial charge in [0.15, 0.2) is 0 Å². The minimum Gasteiger partial charge on any atom is -0.467 e. The molecule has 2 rings (SSSR count). The number of carbonyl (C=O) groups is 2. The molecule has 2 aromatic carbocycles. The Balaban J connectivity index is 2.10. The summed E-state index contributed by atoms with van der Waals surface area (Å²) in [4.78, 5) is 24.2. The molecule has 2 aromatic rings. The van der Waals surface area contributed by atoms with Crippen LogP contribution < -0.4 is 5.32 Å². The van der Waals surface area contributed by atoms with Crippen LogP contribution in [-0.2, 0) is 33.3 Å². The van der Waals surface area contributed by atoms with Crippen molar-refractivity contribution in [3.05, 3.63) is 70.2 Å². The molecule has 0 aliphatic rings. The van der Waals surface area contributed by atoms with Crippen molar-refractivity contribution in [3.8, 4) is 0 Å². The highest BCUT2D eigenvalue weighted by Gasteiger charge is 2.30. The van der Waals surface area contributed by atoms with Gasteiger partial charge in [0, 0.05) is 11.4 Å². The average molecular weight is 400 g/mol. The van der Waals surface area contributed by atoms with Crippen molar-refractivity contribution < 1.29 is 27.5 Å². The normalized spacial score (nSPS) is 12.3. The Morgan fingerprint density at radius 2 is 1.85 bits per heavy atom. The van der Waals surface area contributed by atoms with Gasteiger partial charge in [0.25, 0.3) is 0 Å². The van der Waals surface area contributed by atoms with Gasteiger partial charge in [-0.05, 0) is 23.3 Å². The zero-order chi connectivity index (χ0) is 20.0. The van der Waals surface area contributed by atoms with E-state index >= 15 is 0 Å². The molecule has 0 fully saturated rings. The number of esters is 1. The number of halogens is 4. The summed E-state index contributed by atoms with van der Waals surface area (Å²) in [7, 11) is 1.18. The molecule has 0 aromatic heterocycles. The van der Waals surface area contributed by atoms with Gasteiger partial charge >= 0.3 is 12.1 Å². The van der Waals surface area contributed by atoms with Crippen molar-refractivity contribution in [1.82, 2.24) is 5.32 Å². The number of benzene rings is 2. The van der Waals surface area contributed by atoms with E-state index in [-0.39, 0.29) is 18.4 Å². The lowest BCUT2D eigenvalue weighted by atomic mass is 10.0. The van der Waals surface area contributed by atoms with E-state index in [2.05, 4.69) is 5.32 Å². The maximum Gasteiger partial charge on any atom is 0.416 e. The molecule has 0 heterocycles. The van der Waals surface area contributed by atoms with Gasteiger partial charge in [0.2, 0.25) is 5.91 Å². The summed E-state index contributed by atoms with van der Waals surface area (Å²) in [5, 5.41) is 2.93. The molecule has 0 spiro atoms. The van der Waals surface area contributed by atoms with E-state index in [1.54, 1.807) is 24.3 Å². The van der Waals surface area contributed by atoms with Gasteiger partial charge in [-0.1, -0.05) is 48.0 Å². The van der Waals surface area contributed by atoms with Gasteiger partial charge in [-0.3, -0.25) is 4.79 Å². The summed E-state index contributed by atoms with van der Waals surface area (Å²) in [6.07, 6.45) is -4.70. The van der Waals surface area contributed by atoms with Crippen molar-refractivity contribution in [2.45, 2.75) is 25.1 Å². The quantitative estimate of drug-likeness (QED) is 0.752. The molecule has 1 N–H and O–H groups in total. The maximum atomic E-state index is 12.8. The van der Waals surface area contributed by atoms with Gasteiger partial charge in [-0.25, -0.2) is 4.79 Å². The van der Waals surface area contributed by atoms with Crippen molar-refractivity contribution in [1.29, 1.82) is 0 Å². The molecule has 0 aliphatic carbocycles. The SMILES string of the molecule is COC(=O)[C@H](Cc1ccccc1Cl)NC(=O)Cc1cccc(C(F)(F)F)c1. The summed E-state index contributed by atoms with van der Waals surface area (Å²) < 4.78 is 43.0. The molecule has 8 heteroatoms. The fourth-order valence-electron chi connectivity index (χ4n) is 2.51. The third-order valence-electron chi connectivity index (χ3n) is 3.82. The van der Waals surface area contributed by atoms with E-state index < -0.39 is 29.7 Å². The van der Waals surface area contributed by atoms with Crippen molar-refractivity contribution >= 4 is 23.5 Å². The highest BCUT2D eigenvalue weighted by Crippen LogP contribution is 2.29. The second kappa shape index (κ2) is 8.90. The number of ether oxygens (including phenoxy) is 1. The molecule has 0 radical (unpaired) electrons. The third kappa shape index (κ3) is 5.99. The van der Waals surface area contributed by atoms with Crippen LogP contribution in [0.25, 0.3) is 0 Å². The van der Waals surface area contributed by atoms with E-state index in [9.17, 15) is 22.8 Å². The van der Waals surface area contributed by atoms with E-state index in [1.165, 1.54) is 19.2 Å². The molecule has 0 saturated heterocycles. The molecule has 144 valence electrons. The van der Waals surface area contributed by atoms with E-state index in [1.807, 2.05) is 0 Å². The second-order valence-electron chi connectivity index (χ2n) is 5.81. The Labute approximate surface area is 159 Å². The molecule has 0 bridgehead atoms. The highest BCUT2D eigenvalue weighted by atomic mass is 35.5. The topological polar surface area (TPSA) is 55.4 Å². The Hall–Kier alpha value is -2.54. The van der Waals surface area contributed by atoms with E-state index in [4.69, 9.17) is 16.3 Å². The van der Waals surface area contributed by atoms with Crippen LogP contribution in [0, 0.1) is 0 Å². The van der Waals surface area contributed by atoms with Crippen molar-refractivity contribution in [3.63, 3.8) is 0 Å². The Kier molecular flexibility index (Phi) is 6.85. The molecular formula is C19H17ClF3NO3. The van der Waals surface area contributed by atoms with Crippen molar-refractivity contribution in [2.24, 2.45) is 0 Å². The maximum absolute atomic E-state index is 12.8. The summed E-state index contributed by atoms with van der Waals surface area (Å²) in [6.45, 7) is 0. The Morgan fingerprint density at radius 1 is 1.15 bits per heavy atom. The van der Waals surface area contributed by atoms with Crippen LogP contribution >= 0.6 is 11.6 Å². The van der Waals surface area contributed by atoms with Crippen molar-refractivity contribution in [2.75, 3.05) is 7.11 Å². The van der Waals surface area contributed by atoms with E-state index in [0.29, 0.717) is 10.6 Å². The van der Waals surface area contributed by atoms with Crippen LogP contribution in [0.15, 0.2) is 48.5 Å². The number of alkyl halides is 3. The molecule has 0 unspecified atom stereocenters. The standard InChI is InChI=1S/C19H17ClF3NO3/c1-27-18(26)16(11-13-6-2-3-8-15(13)20)24-17(25)10-12-5-4-7-14(9-12)19(21,22)23/h2-9,16H,10-11H2,1H3,(H,24,25)/t16-/m0/s1. The number of hydrogen-bond acceptors (Lipinski definition) is 3. The largest absolute Gasteiger partial charge is 0.467 e. The first-order valence-corrected chi connectivity index (χ1v) is 8.35. The molecule has 1 amide bonds. The predicted octanol–water partition coefficient (Wildman–Crippen LogP) is 3.80. The van der Waals surface area contributed by atoms with E-state index in [0.717, 1.165) is 12.1 Å². The van der Waals surface area contributed by atoms with Crippen LogP contribution in [0.3, 0.4) is 0 Å². The first kappa shape index (κ1) is 20.8. The fraction of sp³-hybridized carbons (Fsp3) is 0.263. The van der Waals surface area contributed by atoms with Crippen LogP contribution in [0.2, 0.25) is 5.02 Å². The number of nitrogens with one attached hydrogen (secondary N) is 1. The van der Waals surface area contributed by atoms with Gasteiger partial charge in [-0.15, -0.1) is 0 Å². The summed E-state index contributed by atoms with van der Waals surface area (Å²) in [6, 6.07) is 10.3. The smallest absolute Gasteiger partial charge is 0.416 e. The molecule has 4 nitrogen and oxygen atoms in total. The van der Waals surface area contributed by atoms with Gasteiger partial charge < -0.3 is 10.1 Å². The first-order valence-electron chi connectivity index (χ1n) is 7.97. The fourth-order valence-corrected chi connectivity index (χ4v) is 2.72. The van der Waals surface area contributed by atoms with Gasteiger partial charge in [-0.2, -0.15) is 13.2 Å². The zero-order valence-corrected chi connectivity index (χ0v) is 15.1. The summed E-state index contributed by atoms with van der Waals surface area (Å²) in [5.41, 5.74) is -0.0222. The lowest BCUT2D eigenvalue weighted by Gasteiger charge is -2.17. The second-order valence-corrected chi connectivity index (χ2v) is 6.22. The minimum absolute atomic E-state index is 0.0979. The first-order chi connectivity index (χ1) is 12.7. The summed E-state index contributed by atoms with van der Waals surface area (Å²) in [5.74, 6) is -1.27. The molecule has 27 heavy (non-hydrogen) atoms. The van der Waals surface area contributed by atoms with Crippen LogP contribution in [0.1, 0.15) is 16.7 Å². The lowest BCUT2D eigenvalue weighted by molar-refractivity contribution is -0.145. The van der Waals surface area contributed by atoms with Crippen LogP contribution in [-0.4, -0.2) is 25.0 Å². The van der Waals surface area contributed by atoms with Crippen LogP contribution in [0.4, 0.5) is 13.2 Å². The van der Waals surface area contributed by atoms with Gasteiger partial charge in [0.05, 0.1) is 19.1 Å². The predicted molar refractivity (Wildman–Crippen MR) is 94.3 cm³/mol. The molecule has 0 aliphatic heterocycles. The Bertz CT molecular complexity index is 824. The van der Waals surface area contributed by atoms with Crippen LogP contribution in [0.5, 0.6) is 0 Å². The Morgan fingerprint density at radius 3 is 2.48 bits per heavy atom. The van der Waals surface area contributed by atoms with Gasteiger partial charge in [0.1, 0.15) is 6.04 Å². The summed E-state index contributed by atoms with van der Waals surface area (Å²) >= 11 is 6.07. The highest BCUT2D eigenvalue weighted by molar-refractivity contribution is 6.31. The number of amides is 1. The third-order valence-corrected chi connectivity index (χ3v) is 4.19. The average Bonchev–Trinajstić information content (AvgIpc) is 2.61. The molecule has 0 saturated carbocycles. The number of rotatable bonds is 6. The minimum atomic E-state index is -4.49. The number of carbonyl (C=O) groups excluding carboxylic acids is 2. The number of hydrogen-bond donors (Lipinski definition) is 1. The lowest BCUT2D eigenvalue weighted by Crippen LogP contribution is -2.43. The molecule has 1 atom stereocenters. The zero-order valence-electron chi connectivity index (χ0n) is 14.3. The molecular weight excluding hydrogens is 383 g/mol.